The molecule has 1 N–H and O–H groups in total. The van der Waals surface area contributed by atoms with Gasteiger partial charge in [0.15, 0.2) is 11.6 Å². The van der Waals surface area contributed by atoms with Crippen LogP contribution in [0.5, 0.6) is 0 Å². The molecule has 0 aromatic carbocycles. The quantitative estimate of drug-likeness (QED) is 0.923. The summed E-state index contributed by atoms with van der Waals surface area (Å²) < 4.78 is 19.1. The molecule has 0 unspecified atom stereocenters. The van der Waals surface area contributed by atoms with E-state index in [9.17, 15) is 9.18 Å². The van der Waals surface area contributed by atoms with Crippen LogP contribution in [0.2, 0.25) is 0 Å². The molecule has 2 fully saturated rings. The maximum absolute atomic E-state index is 13.8. The van der Waals surface area contributed by atoms with Gasteiger partial charge in [-0.3, -0.25) is 4.79 Å². The van der Waals surface area contributed by atoms with Crippen LogP contribution in [0, 0.1) is 11.7 Å². The van der Waals surface area contributed by atoms with E-state index in [-0.39, 0.29) is 17.8 Å². The van der Waals surface area contributed by atoms with Crippen molar-refractivity contribution >= 4 is 11.7 Å². The highest BCUT2D eigenvalue weighted by molar-refractivity contribution is 5.76. The predicted molar refractivity (Wildman–Crippen MR) is 85.7 cm³/mol. The van der Waals surface area contributed by atoms with Crippen LogP contribution in [0.1, 0.15) is 32.1 Å². The number of hydrogen-bond acceptors (Lipinski definition) is 4. The van der Waals surface area contributed by atoms with Crippen molar-refractivity contribution in [1.82, 2.24) is 10.3 Å². The average Bonchev–Trinajstić information content (AvgIpc) is 2.57. The zero-order chi connectivity index (χ0) is 16.1. The molecule has 1 aromatic rings. The molecule has 0 spiro atoms. The standard InChI is InChI=1S/C17H24FN3O2/c18-15-2-1-7-19-17(15)21-8-3-13(4-9-21)12-16(22)20-14-5-10-23-11-6-14/h1-2,7,13-14H,3-6,8-12H2,(H,20,22). The molecule has 0 saturated carbocycles. The molecule has 2 aliphatic rings. The van der Waals surface area contributed by atoms with Gasteiger partial charge in [0.2, 0.25) is 5.91 Å². The fraction of sp³-hybridized carbons (Fsp3) is 0.647. The summed E-state index contributed by atoms with van der Waals surface area (Å²) in [5, 5.41) is 3.11. The molecule has 126 valence electrons. The second kappa shape index (κ2) is 7.73. The number of ether oxygens (including phenoxy) is 1. The largest absolute Gasteiger partial charge is 0.381 e. The third-order valence-electron chi connectivity index (χ3n) is 4.71. The highest BCUT2D eigenvalue weighted by atomic mass is 19.1. The lowest BCUT2D eigenvalue weighted by atomic mass is 9.93. The van der Waals surface area contributed by atoms with E-state index in [4.69, 9.17) is 4.74 Å². The van der Waals surface area contributed by atoms with Gasteiger partial charge in [-0.2, -0.15) is 0 Å². The number of amides is 1. The number of pyridine rings is 1. The lowest BCUT2D eigenvalue weighted by molar-refractivity contribution is -0.123. The number of halogens is 1. The third-order valence-corrected chi connectivity index (χ3v) is 4.71. The number of aromatic nitrogens is 1. The highest BCUT2D eigenvalue weighted by Gasteiger charge is 2.25. The Morgan fingerprint density at radius 1 is 1.30 bits per heavy atom. The molecule has 0 radical (unpaired) electrons. The highest BCUT2D eigenvalue weighted by Crippen LogP contribution is 2.25. The molecule has 0 aliphatic carbocycles. The van der Waals surface area contributed by atoms with E-state index in [0.29, 0.717) is 18.2 Å². The summed E-state index contributed by atoms with van der Waals surface area (Å²) in [6.45, 7) is 2.98. The Bertz CT molecular complexity index is 526. The number of nitrogens with zero attached hydrogens (tertiary/aromatic N) is 2. The number of carbonyl (C=O) groups excluding carboxylic acids is 1. The van der Waals surface area contributed by atoms with Gasteiger partial charge in [0.25, 0.3) is 0 Å². The summed E-state index contributed by atoms with van der Waals surface area (Å²) in [5.74, 6) is 0.665. The van der Waals surface area contributed by atoms with Gasteiger partial charge < -0.3 is 15.0 Å². The summed E-state index contributed by atoms with van der Waals surface area (Å²) in [6.07, 6.45) is 5.79. The van der Waals surface area contributed by atoms with Crippen molar-refractivity contribution in [3.05, 3.63) is 24.1 Å². The minimum Gasteiger partial charge on any atom is -0.381 e. The second-order valence-electron chi connectivity index (χ2n) is 6.40. The van der Waals surface area contributed by atoms with Crippen LogP contribution in [-0.2, 0) is 9.53 Å². The number of rotatable bonds is 4. The second-order valence-corrected chi connectivity index (χ2v) is 6.40. The molecule has 0 atom stereocenters. The van der Waals surface area contributed by atoms with E-state index < -0.39 is 0 Å². The molecular weight excluding hydrogens is 297 g/mol. The van der Waals surface area contributed by atoms with Gasteiger partial charge in [-0.25, -0.2) is 9.37 Å². The zero-order valence-corrected chi connectivity index (χ0v) is 13.3. The summed E-state index contributed by atoms with van der Waals surface area (Å²) in [6, 6.07) is 3.31. The minimum absolute atomic E-state index is 0.138. The van der Waals surface area contributed by atoms with Gasteiger partial charge in [-0.1, -0.05) is 0 Å². The summed E-state index contributed by atoms with van der Waals surface area (Å²) in [5.41, 5.74) is 0. The van der Waals surface area contributed by atoms with Gasteiger partial charge in [-0.15, -0.1) is 0 Å². The first-order chi connectivity index (χ1) is 11.2. The van der Waals surface area contributed by atoms with E-state index in [0.717, 1.165) is 52.0 Å². The number of carbonyl (C=O) groups is 1. The van der Waals surface area contributed by atoms with E-state index >= 15 is 0 Å². The molecule has 5 nitrogen and oxygen atoms in total. The molecule has 1 aromatic heterocycles. The fourth-order valence-electron chi connectivity index (χ4n) is 3.35. The van der Waals surface area contributed by atoms with E-state index in [1.54, 1.807) is 12.3 Å². The van der Waals surface area contributed by atoms with Gasteiger partial charge >= 0.3 is 0 Å². The zero-order valence-electron chi connectivity index (χ0n) is 13.3. The maximum atomic E-state index is 13.8. The lowest BCUT2D eigenvalue weighted by Gasteiger charge is -2.33. The Kier molecular flexibility index (Phi) is 5.43. The van der Waals surface area contributed by atoms with E-state index in [1.165, 1.54) is 6.07 Å². The maximum Gasteiger partial charge on any atom is 0.220 e. The van der Waals surface area contributed by atoms with Gasteiger partial charge in [0, 0.05) is 45.0 Å². The molecule has 2 saturated heterocycles. The van der Waals surface area contributed by atoms with Crippen LogP contribution >= 0.6 is 0 Å². The minimum atomic E-state index is -0.275. The summed E-state index contributed by atoms with van der Waals surface area (Å²) in [7, 11) is 0. The first-order valence-electron chi connectivity index (χ1n) is 8.45. The van der Waals surface area contributed by atoms with Crippen molar-refractivity contribution in [3.63, 3.8) is 0 Å². The number of nitrogens with one attached hydrogen (secondary N) is 1. The van der Waals surface area contributed by atoms with Crippen LogP contribution in [-0.4, -0.2) is 43.2 Å². The molecule has 2 aliphatic heterocycles. The molecule has 6 heteroatoms. The Labute approximate surface area is 136 Å². The molecule has 3 rings (SSSR count). The number of hydrogen-bond donors (Lipinski definition) is 1. The van der Waals surface area contributed by atoms with Crippen LogP contribution in [0.3, 0.4) is 0 Å². The Morgan fingerprint density at radius 2 is 2.04 bits per heavy atom. The Balaban J connectivity index is 1.44. The Morgan fingerprint density at radius 3 is 2.74 bits per heavy atom. The van der Waals surface area contributed by atoms with E-state index in [2.05, 4.69) is 10.3 Å². The Hall–Kier alpha value is -1.69. The third kappa shape index (κ3) is 4.41. The first kappa shape index (κ1) is 16.2. The molecular formula is C17H24FN3O2. The predicted octanol–water partition coefficient (Wildman–Crippen LogP) is 2.12. The normalized spacial score (nSPS) is 20.5. The SMILES string of the molecule is O=C(CC1CCN(c2ncccc2F)CC1)NC1CCOCC1. The van der Waals surface area contributed by atoms with Gasteiger partial charge in [-0.05, 0) is 43.7 Å². The van der Waals surface area contributed by atoms with Crippen molar-refractivity contribution in [2.45, 2.75) is 38.1 Å². The molecule has 3 heterocycles. The van der Waals surface area contributed by atoms with Gasteiger partial charge in [0.1, 0.15) is 0 Å². The number of piperidine rings is 1. The number of anilines is 1. The van der Waals surface area contributed by atoms with Crippen molar-refractivity contribution in [3.8, 4) is 0 Å². The van der Waals surface area contributed by atoms with Crippen LogP contribution in [0.25, 0.3) is 0 Å². The fourth-order valence-corrected chi connectivity index (χ4v) is 3.35. The van der Waals surface area contributed by atoms with E-state index in [1.807, 2.05) is 4.90 Å². The molecule has 1 amide bonds. The smallest absolute Gasteiger partial charge is 0.220 e. The molecule has 23 heavy (non-hydrogen) atoms. The summed E-state index contributed by atoms with van der Waals surface area (Å²) in [4.78, 5) is 18.2. The van der Waals surface area contributed by atoms with Crippen molar-refractivity contribution in [2.24, 2.45) is 5.92 Å². The topological polar surface area (TPSA) is 54.5 Å². The van der Waals surface area contributed by atoms with Gasteiger partial charge in [0.05, 0.1) is 0 Å². The van der Waals surface area contributed by atoms with Crippen LogP contribution < -0.4 is 10.2 Å². The monoisotopic (exact) mass is 321 g/mol. The molecule has 0 bridgehead atoms. The van der Waals surface area contributed by atoms with Crippen molar-refractivity contribution in [2.75, 3.05) is 31.2 Å². The van der Waals surface area contributed by atoms with Crippen LogP contribution in [0.4, 0.5) is 10.2 Å². The summed E-state index contributed by atoms with van der Waals surface area (Å²) >= 11 is 0. The average molecular weight is 321 g/mol. The van der Waals surface area contributed by atoms with Crippen molar-refractivity contribution < 1.29 is 13.9 Å². The van der Waals surface area contributed by atoms with Crippen LogP contribution in [0.15, 0.2) is 18.3 Å². The lowest BCUT2D eigenvalue weighted by Crippen LogP contribution is -2.41. The first-order valence-corrected chi connectivity index (χ1v) is 8.45. The van der Waals surface area contributed by atoms with Crippen molar-refractivity contribution in [1.29, 1.82) is 0 Å².